The molecule has 1 amide bonds. The van der Waals surface area contributed by atoms with Crippen LogP contribution in [0, 0.1) is 0 Å². The molecule has 0 aliphatic heterocycles. The molecule has 2 aromatic rings. The van der Waals surface area contributed by atoms with Crippen molar-refractivity contribution in [2.24, 2.45) is 0 Å². The van der Waals surface area contributed by atoms with Gasteiger partial charge in [0.2, 0.25) is 5.91 Å². The smallest absolute Gasteiger partial charge is 0.239 e. The standard InChI is InChI=1S/C15H17ClN2O3/c1-10(14-3-2-6-21-14)18-15(20)8-17-13-7-11(9-19)4-5-12(13)16/h2-7,10,17,19H,8-9H2,1H3,(H,18,20)/t10-/m0/s1. The minimum absolute atomic E-state index is 0.0758. The molecule has 0 spiro atoms. The Bertz CT molecular complexity index is 599. The van der Waals surface area contributed by atoms with Crippen LogP contribution in [0.15, 0.2) is 41.0 Å². The van der Waals surface area contributed by atoms with Crippen LogP contribution < -0.4 is 10.6 Å². The van der Waals surface area contributed by atoms with E-state index in [1.807, 2.05) is 6.92 Å². The number of carbonyl (C=O) groups excluding carboxylic acids is 1. The normalized spacial score (nSPS) is 12.0. The monoisotopic (exact) mass is 308 g/mol. The number of halogens is 1. The molecular weight excluding hydrogens is 292 g/mol. The molecule has 1 heterocycles. The highest BCUT2D eigenvalue weighted by Gasteiger charge is 2.12. The largest absolute Gasteiger partial charge is 0.467 e. The molecule has 2 rings (SSSR count). The molecule has 0 fully saturated rings. The molecule has 112 valence electrons. The molecule has 0 saturated heterocycles. The number of furan rings is 1. The highest BCUT2D eigenvalue weighted by molar-refractivity contribution is 6.33. The zero-order valence-corrected chi connectivity index (χ0v) is 12.4. The fourth-order valence-corrected chi connectivity index (χ4v) is 2.07. The maximum atomic E-state index is 11.9. The Kier molecular flexibility index (Phi) is 5.25. The zero-order chi connectivity index (χ0) is 15.2. The van der Waals surface area contributed by atoms with Crippen molar-refractivity contribution in [2.45, 2.75) is 19.6 Å². The SMILES string of the molecule is C[C@H](NC(=O)CNc1cc(CO)ccc1Cl)c1ccco1. The number of amides is 1. The predicted molar refractivity (Wildman–Crippen MR) is 81.1 cm³/mol. The first kappa shape index (κ1) is 15.4. The van der Waals surface area contributed by atoms with Crippen molar-refractivity contribution in [1.82, 2.24) is 5.32 Å². The van der Waals surface area contributed by atoms with Crippen LogP contribution in [-0.4, -0.2) is 17.6 Å². The van der Waals surface area contributed by atoms with Gasteiger partial charge in [-0.05, 0) is 36.8 Å². The molecule has 0 radical (unpaired) electrons. The number of nitrogens with one attached hydrogen (secondary N) is 2. The summed E-state index contributed by atoms with van der Waals surface area (Å²) in [5.41, 5.74) is 1.34. The summed E-state index contributed by atoms with van der Waals surface area (Å²) in [5, 5.41) is 15.4. The van der Waals surface area contributed by atoms with E-state index in [0.717, 1.165) is 5.56 Å². The summed E-state index contributed by atoms with van der Waals surface area (Å²) in [6.45, 7) is 1.85. The Balaban J connectivity index is 1.89. The van der Waals surface area contributed by atoms with E-state index in [-0.39, 0.29) is 25.1 Å². The second kappa shape index (κ2) is 7.15. The summed E-state index contributed by atoms with van der Waals surface area (Å²) in [5.74, 6) is 0.521. The Hall–Kier alpha value is -1.98. The molecule has 5 nitrogen and oxygen atoms in total. The maximum Gasteiger partial charge on any atom is 0.239 e. The molecule has 0 unspecified atom stereocenters. The van der Waals surface area contributed by atoms with E-state index in [2.05, 4.69) is 10.6 Å². The van der Waals surface area contributed by atoms with Crippen LogP contribution in [0.3, 0.4) is 0 Å². The molecule has 6 heteroatoms. The van der Waals surface area contributed by atoms with Crippen molar-refractivity contribution in [3.8, 4) is 0 Å². The van der Waals surface area contributed by atoms with Crippen LogP contribution in [0.2, 0.25) is 5.02 Å². The summed E-state index contributed by atoms with van der Waals surface area (Å²) in [6, 6.07) is 8.50. The molecule has 0 aliphatic carbocycles. The lowest BCUT2D eigenvalue weighted by Crippen LogP contribution is -2.31. The zero-order valence-electron chi connectivity index (χ0n) is 11.6. The lowest BCUT2D eigenvalue weighted by Gasteiger charge is -2.13. The van der Waals surface area contributed by atoms with Crippen LogP contribution in [0.5, 0.6) is 0 Å². The molecule has 3 N–H and O–H groups in total. The van der Waals surface area contributed by atoms with E-state index in [0.29, 0.717) is 16.5 Å². The molecule has 0 saturated carbocycles. The van der Waals surface area contributed by atoms with Gasteiger partial charge in [0.1, 0.15) is 5.76 Å². The lowest BCUT2D eigenvalue weighted by atomic mass is 10.2. The van der Waals surface area contributed by atoms with E-state index in [9.17, 15) is 4.79 Å². The molecule has 1 aromatic carbocycles. The lowest BCUT2D eigenvalue weighted by molar-refractivity contribution is -0.120. The van der Waals surface area contributed by atoms with Gasteiger partial charge < -0.3 is 20.2 Å². The Labute approximate surface area is 127 Å². The van der Waals surface area contributed by atoms with E-state index < -0.39 is 0 Å². The topological polar surface area (TPSA) is 74.5 Å². The van der Waals surface area contributed by atoms with Crippen molar-refractivity contribution in [3.05, 3.63) is 52.9 Å². The number of rotatable bonds is 6. The molecule has 21 heavy (non-hydrogen) atoms. The van der Waals surface area contributed by atoms with Gasteiger partial charge in [0, 0.05) is 0 Å². The molecule has 0 aliphatic rings. The summed E-state index contributed by atoms with van der Waals surface area (Å²) < 4.78 is 5.22. The first-order chi connectivity index (χ1) is 10.1. The highest BCUT2D eigenvalue weighted by Crippen LogP contribution is 2.22. The average Bonchev–Trinajstić information content (AvgIpc) is 3.00. The molecular formula is C15H17ClN2O3. The third-order valence-corrected chi connectivity index (χ3v) is 3.33. The molecule has 0 bridgehead atoms. The van der Waals surface area contributed by atoms with Crippen LogP contribution in [0.25, 0.3) is 0 Å². The van der Waals surface area contributed by atoms with Crippen molar-refractivity contribution in [3.63, 3.8) is 0 Å². The van der Waals surface area contributed by atoms with Crippen LogP contribution in [-0.2, 0) is 11.4 Å². The fourth-order valence-electron chi connectivity index (χ4n) is 1.88. The second-order valence-electron chi connectivity index (χ2n) is 4.63. The third-order valence-electron chi connectivity index (χ3n) is 3.00. The first-order valence-corrected chi connectivity index (χ1v) is 6.94. The Morgan fingerprint density at radius 2 is 2.24 bits per heavy atom. The number of carbonyl (C=O) groups is 1. The maximum absolute atomic E-state index is 11.9. The van der Waals surface area contributed by atoms with Gasteiger partial charge in [0.25, 0.3) is 0 Å². The number of aliphatic hydroxyl groups is 1. The molecule has 1 atom stereocenters. The fraction of sp³-hybridized carbons (Fsp3) is 0.267. The first-order valence-electron chi connectivity index (χ1n) is 6.56. The van der Waals surface area contributed by atoms with Gasteiger partial charge in [-0.2, -0.15) is 0 Å². The second-order valence-corrected chi connectivity index (χ2v) is 5.04. The van der Waals surface area contributed by atoms with E-state index in [1.165, 1.54) is 0 Å². The molecule has 1 aromatic heterocycles. The van der Waals surface area contributed by atoms with Crippen LogP contribution >= 0.6 is 11.6 Å². The summed E-state index contributed by atoms with van der Waals surface area (Å²) in [4.78, 5) is 11.9. The van der Waals surface area contributed by atoms with Crippen molar-refractivity contribution in [2.75, 3.05) is 11.9 Å². The minimum atomic E-state index is -0.200. The number of hydrogen-bond acceptors (Lipinski definition) is 4. The Morgan fingerprint density at radius 1 is 1.43 bits per heavy atom. The van der Waals surface area contributed by atoms with Gasteiger partial charge in [-0.25, -0.2) is 0 Å². The summed E-state index contributed by atoms with van der Waals surface area (Å²) in [6.07, 6.45) is 1.57. The van der Waals surface area contributed by atoms with E-state index in [4.69, 9.17) is 21.1 Å². The third kappa shape index (κ3) is 4.24. The van der Waals surface area contributed by atoms with E-state index in [1.54, 1.807) is 36.6 Å². The van der Waals surface area contributed by atoms with Gasteiger partial charge >= 0.3 is 0 Å². The quantitative estimate of drug-likeness (QED) is 0.767. The minimum Gasteiger partial charge on any atom is -0.467 e. The van der Waals surface area contributed by atoms with Crippen molar-refractivity contribution >= 4 is 23.2 Å². The van der Waals surface area contributed by atoms with Gasteiger partial charge in [0.15, 0.2) is 0 Å². The van der Waals surface area contributed by atoms with E-state index >= 15 is 0 Å². The number of benzene rings is 1. The van der Waals surface area contributed by atoms with Gasteiger partial charge in [-0.1, -0.05) is 17.7 Å². The van der Waals surface area contributed by atoms with Gasteiger partial charge in [-0.15, -0.1) is 0 Å². The highest BCUT2D eigenvalue weighted by atomic mass is 35.5. The number of hydrogen-bond donors (Lipinski definition) is 3. The number of aliphatic hydroxyl groups excluding tert-OH is 1. The van der Waals surface area contributed by atoms with Crippen molar-refractivity contribution < 1.29 is 14.3 Å². The summed E-state index contributed by atoms with van der Waals surface area (Å²) in [7, 11) is 0. The van der Waals surface area contributed by atoms with Crippen molar-refractivity contribution in [1.29, 1.82) is 0 Å². The van der Waals surface area contributed by atoms with Crippen LogP contribution in [0.4, 0.5) is 5.69 Å². The van der Waals surface area contributed by atoms with Crippen LogP contribution in [0.1, 0.15) is 24.3 Å². The van der Waals surface area contributed by atoms with Gasteiger partial charge in [-0.3, -0.25) is 4.79 Å². The average molecular weight is 309 g/mol. The summed E-state index contributed by atoms with van der Waals surface area (Å²) >= 11 is 6.03. The Morgan fingerprint density at radius 3 is 2.90 bits per heavy atom. The van der Waals surface area contributed by atoms with Gasteiger partial charge in [0.05, 0.1) is 36.2 Å². The number of anilines is 1. The predicted octanol–water partition coefficient (Wildman–Crippen LogP) is 2.71.